The molecule has 0 aliphatic rings. The van der Waals surface area contributed by atoms with E-state index in [1.165, 1.54) is 6.33 Å². The lowest BCUT2D eigenvalue weighted by atomic mass is 10.0. The molecule has 7 nitrogen and oxygen atoms in total. The zero-order valence-electron chi connectivity index (χ0n) is 9.81. The normalized spacial score (nSPS) is 10.8. The Balaban J connectivity index is 2.27. The third-order valence-corrected chi connectivity index (χ3v) is 2.29. The second-order valence-electron chi connectivity index (χ2n) is 3.95. The van der Waals surface area contributed by atoms with Crippen molar-refractivity contribution in [2.45, 2.75) is 26.7 Å². The number of aromatic amines is 1. The van der Waals surface area contributed by atoms with Crippen LogP contribution in [0.25, 0.3) is 0 Å². The fraction of sp³-hybridized carbons (Fsp3) is 0.400. The highest BCUT2D eigenvalue weighted by Crippen LogP contribution is 2.22. The quantitative estimate of drug-likeness (QED) is 0.839. The summed E-state index contributed by atoms with van der Waals surface area (Å²) in [6.45, 7) is 5.60. The molecule has 7 heteroatoms. The molecule has 2 aromatic heterocycles. The smallest absolute Gasteiger partial charge is 0.263 e. The molecule has 2 aromatic rings. The summed E-state index contributed by atoms with van der Waals surface area (Å²) >= 11 is 0. The minimum Gasteiger partial charge on any atom is -0.360 e. The number of nitrogens with zero attached hydrogens (tertiary/aromatic N) is 3. The molecule has 1 amide bonds. The number of nitrogens with one attached hydrogen (secondary N) is 2. The largest absolute Gasteiger partial charge is 0.360 e. The van der Waals surface area contributed by atoms with Gasteiger partial charge in [-0.15, -0.1) is 0 Å². The van der Waals surface area contributed by atoms with Gasteiger partial charge in [0.15, 0.2) is 5.76 Å². The van der Waals surface area contributed by atoms with Crippen LogP contribution >= 0.6 is 0 Å². The van der Waals surface area contributed by atoms with Crippen LogP contribution in [-0.2, 0) is 0 Å². The Hall–Kier alpha value is -2.18. The monoisotopic (exact) mass is 235 g/mol. The molecule has 17 heavy (non-hydrogen) atoms. The first-order valence-electron chi connectivity index (χ1n) is 5.22. The second-order valence-corrected chi connectivity index (χ2v) is 3.95. The predicted octanol–water partition coefficient (Wildman–Crippen LogP) is 1.48. The second kappa shape index (κ2) is 4.36. The van der Waals surface area contributed by atoms with Gasteiger partial charge in [0, 0.05) is 5.92 Å². The number of anilines is 1. The summed E-state index contributed by atoms with van der Waals surface area (Å²) in [4.78, 5) is 15.8. The predicted molar refractivity (Wildman–Crippen MR) is 59.7 cm³/mol. The number of carbonyl (C=O) groups excluding carboxylic acids is 1. The lowest BCUT2D eigenvalue weighted by molar-refractivity contribution is 0.102. The molecule has 0 spiro atoms. The molecular formula is C10H13N5O2. The summed E-state index contributed by atoms with van der Waals surface area (Å²) in [6, 6.07) is 0. The Kier molecular flexibility index (Phi) is 2.90. The number of carbonyl (C=O) groups is 1. The average molecular weight is 235 g/mol. The maximum atomic E-state index is 12.0. The molecule has 2 N–H and O–H groups in total. The molecule has 0 radical (unpaired) electrons. The Morgan fingerprint density at radius 1 is 1.53 bits per heavy atom. The van der Waals surface area contributed by atoms with E-state index in [9.17, 15) is 4.79 Å². The molecule has 2 heterocycles. The molecule has 90 valence electrons. The van der Waals surface area contributed by atoms with E-state index in [1.807, 2.05) is 13.8 Å². The van der Waals surface area contributed by atoms with Crippen molar-refractivity contribution < 1.29 is 9.32 Å². The number of H-pyrrole nitrogens is 1. The Labute approximate surface area is 97.6 Å². The number of hydrogen-bond donors (Lipinski definition) is 2. The fourth-order valence-corrected chi connectivity index (χ4v) is 1.49. The van der Waals surface area contributed by atoms with E-state index in [-0.39, 0.29) is 11.8 Å². The highest BCUT2D eigenvalue weighted by molar-refractivity contribution is 6.04. The number of aromatic nitrogens is 4. The van der Waals surface area contributed by atoms with Crippen molar-refractivity contribution in [3.8, 4) is 0 Å². The fourth-order valence-electron chi connectivity index (χ4n) is 1.49. The van der Waals surface area contributed by atoms with Crippen molar-refractivity contribution >= 4 is 11.9 Å². The zero-order chi connectivity index (χ0) is 12.4. The van der Waals surface area contributed by atoms with Crippen LogP contribution in [0.3, 0.4) is 0 Å². The van der Waals surface area contributed by atoms with Crippen LogP contribution in [0.5, 0.6) is 0 Å². The van der Waals surface area contributed by atoms with Crippen LogP contribution in [0, 0.1) is 6.92 Å². The molecule has 0 aliphatic carbocycles. The van der Waals surface area contributed by atoms with Gasteiger partial charge >= 0.3 is 0 Å². The van der Waals surface area contributed by atoms with Gasteiger partial charge in [-0.1, -0.05) is 19.0 Å². The first kappa shape index (κ1) is 11.3. The minimum atomic E-state index is -0.302. The van der Waals surface area contributed by atoms with E-state index in [0.29, 0.717) is 23.0 Å². The Morgan fingerprint density at radius 3 is 2.88 bits per heavy atom. The molecular weight excluding hydrogens is 222 g/mol. The van der Waals surface area contributed by atoms with Crippen molar-refractivity contribution in [3.63, 3.8) is 0 Å². The number of hydrogen-bond acceptors (Lipinski definition) is 5. The molecule has 0 aliphatic heterocycles. The maximum Gasteiger partial charge on any atom is 0.263 e. The SMILES string of the molecule is Cc1noc(C(C)C)c1C(=O)Nc1ncn[nH]1. The van der Waals surface area contributed by atoms with Crippen LogP contribution in [0.1, 0.15) is 41.6 Å². The van der Waals surface area contributed by atoms with Gasteiger partial charge in [0.25, 0.3) is 5.91 Å². The summed E-state index contributed by atoms with van der Waals surface area (Å²) < 4.78 is 5.14. The summed E-state index contributed by atoms with van der Waals surface area (Å²) in [5.74, 6) is 0.653. The molecule has 0 unspecified atom stereocenters. The van der Waals surface area contributed by atoms with Crippen LogP contribution in [-0.4, -0.2) is 26.2 Å². The van der Waals surface area contributed by atoms with Crippen molar-refractivity contribution in [1.29, 1.82) is 0 Å². The van der Waals surface area contributed by atoms with E-state index in [2.05, 4.69) is 25.7 Å². The van der Waals surface area contributed by atoms with Gasteiger partial charge < -0.3 is 4.52 Å². The number of amides is 1. The molecule has 0 atom stereocenters. The maximum absolute atomic E-state index is 12.0. The third kappa shape index (κ3) is 2.17. The van der Waals surface area contributed by atoms with E-state index in [0.717, 1.165) is 0 Å². The number of rotatable bonds is 3. The number of aryl methyl sites for hydroxylation is 1. The van der Waals surface area contributed by atoms with Crippen molar-refractivity contribution in [2.75, 3.05) is 5.32 Å². The highest BCUT2D eigenvalue weighted by atomic mass is 16.5. The molecule has 2 rings (SSSR count). The van der Waals surface area contributed by atoms with Gasteiger partial charge in [-0.2, -0.15) is 10.1 Å². The summed E-state index contributed by atoms with van der Waals surface area (Å²) in [5, 5.41) is 12.6. The van der Waals surface area contributed by atoms with Crippen LogP contribution in [0.4, 0.5) is 5.95 Å². The van der Waals surface area contributed by atoms with Gasteiger partial charge in [0.1, 0.15) is 11.9 Å². The Bertz CT molecular complexity index is 515. The standard InChI is InChI=1S/C10H13N5O2/c1-5(2)8-7(6(3)15-17-8)9(16)13-10-11-4-12-14-10/h4-5H,1-3H3,(H2,11,12,13,14,16). The van der Waals surface area contributed by atoms with E-state index in [4.69, 9.17) is 4.52 Å². The lowest BCUT2D eigenvalue weighted by Gasteiger charge is -2.04. The van der Waals surface area contributed by atoms with Crippen molar-refractivity contribution in [1.82, 2.24) is 20.3 Å². The molecule has 0 aromatic carbocycles. The molecule has 0 saturated carbocycles. The van der Waals surface area contributed by atoms with Crippen LogP contribution in [0.15, 0.2) is 10.9 Å². The van der Waals surface area contributed by atoms with Gasteiger partial charge in [-0.05, 0) is 6.92 Å². The van der Waals surface area contributed by atoms with Crippen LogP contribution < -0.4 is 5.32 Å². The summed E-state index contributed by atoms with van der Waals surface area (Å²) in [6.07, 6.45) is 1.32. The first-order chi connectivity index (χ1) is 8.09. The summed E-state index contributed by atoms with van der Waals surface area (Å²) in [7, 11) is 0. The van der Waals surface area contributed by atoms with Gasteiger partial charge in [0.2, 0.25) is 5.95 Å². The van der Waals surface area contributed by atoms with Crippen molar-refractivity contribution in [3.05, 3.63) is 23.3 Å². The first-order valence-corrected chi connectivity index (χ1v) is 5.22. The van der Waals surface area contributed by atoms with Gasteiger partial charge in [-0.25, -0.2) is 5.10 Å². The molecule has 0 bridgehead atoms. The molecule has 0 saturated heterocycles. The average Bonchev–Trinajstić information content (AvgIpc) is 2.86. The summed E-state index contributed by atoms with van der Waals surface area (Å²) in [5.41, 5.74) is 1.02. The van der Waals surface area contributed by atoms with Crippen molar-refractivity contribution in [2.24, 2.45) is 0 Å². The van der Waals surface area contributed by atoms with Gasteiger partial charge in [0.05, 0.1) is 5.69 Å². The van der Waals surface area contributed by atoms with E-state index < -0.39 is 0 Å². The third-order valence-electron chi connectivity index (χ3n) is 2.29. The highest BCUT2D eigenvalue weighted by Gasteiger charge is 2.22. The Morgan fingerprint density at radius 2 is 2.29 bits per heavy atom. The topological polar surface area (TPSA) is 96.7 Å². The van der Waals surface area contributed by atoms with Gasteiger partial charge in [-0.3, -0.25) is 10.1 Å². The minimum absolute atomic E-state index is 0.0895. The van der Waals surface area contributed by atoms with Crippen LogP contribution in [0.2, 0.25) is 0 Å². The lowest BCUT2D eigenvalue weighted by Crippen LogP contribution is -2.15. The molecule has 0 fully saturated rings. The van der Waals surface area contributed by atoms with E-state index >= 15 is 0 Å². The van der Waals surface area contributed by atoms with E-state index in [1.54, 1.807) is 6.92 Å². The zero-order valence-corrected chi connectivity index (χ0v) is 9.81.